The summed E-state index contributed by atoms with van der Waals surface area (Å²) in [7, 11) is -3.85. The SMILES string of the molecule is C=C(C(=O)OCC)S(=O)(=O)c1ccc(C)cc1. The fourth-order valence-electron chi connectivity index (χ4n) is 1.18. The zero-order valence-electron chi connectivity index (χ0n) is 9.76. The van der Waals surface area contributed by atoms with Gasteiger partial charge in [0.2, 0.25) is 9.84 Å². The molecule has 5 heteroatoms. The van der Waals surface area contributed by atoms with E-state index >= 15 is 0 Å². The van der Waals surface area contributed by atoms with Crippen LogP contribution in [0.4, 0.5) is 0 Å². The van der Waals surface area contributed by atoms with Crippen LogP contribution in [0, 0.1) is 6.92 Å². The van der Waals surface area contributed by atoms with Gasteiger partial charge in [-0.25, -0.2) is 13.2 Å². The van der Waals surface area contributed by atoms with Gasteiger partial charge in [-0.15, -0.1) is 0 Å². The summed E-state index contributed by atoms with van der Waals surface area (Å²) >= 11 is 0. The van der Waals surface area contributed by atoms with Crippen LogP contribution in [0.1, 0.15) is 12.5 Å². The summed E-state index contributed by atoms with van der Waals surface area (Å²) in [5.74, 6) is -0.909. The van der Waals surface area contributed by atoms with E-state index in [9.17, 15) is 13.2 Å². The molecule has 0 aliphatic rings. The second kappa shape index (κ2) is 5.14. The zero-order valence-corrected chi connectivity index (χ0v) is 10.6. The molecule has 1 aromatic carbocycles. The Morgan fingerprint density at radius 2 is 1.82 bits per heavy atom. The average molecular weight is 254 g/mol. The van der Waals surface area contributed by atoms with Gasteiger partial charge >= 0.3 is 5.97 Å². The summed E-state index contributed by atoms with van der Waals surface area (Å²) in [4.78, 5) is 10.8. The van der Waals surface area contributed by atoms with Gasteiger partial charge in [-0.3, -0.25) is 0 Å². The molecule has 0 aliphatic heterocycles. The third kappa shape index (κ3) is 2.94. The highest BCUT2D eigenvalue weighted by atomic mass is 32.2. The van der Waals surface area contributed by atoms with Crippen molar-refractivity contribution < 1.29 is 17.9 Å². The lowest BCUT2D eigenvalue weighted by Gasteiger charge is -2.07. The molecule has 0 unspecified atom stereocenters. The Labute approximate surface area is 101 Å². The molecular formula is C12H14O4S. The summed E-state index contributed by atoms with van der Waals surface area (Å²) in [6.45, 7) is 6.84. The standard InChI is InChI=1S/C12H14O4S/c1-4-16-12(13)10(3)17(14,15)11-7-5-9(2)6-8-11/h5-8H,3-4H2,1-2H3. The summed E-state index contributed by atoms with van der Waals surface area (Å²) in [6, 6.07) is 6.20. The molecule has 0 atom stereocenters. The van der Waals surface area contributed by atoms with Crippen molar-refractivity contribution in [2.45, 2.75) is 18.7 Å². The van der Waals surface area contributed by atoms with Gasteiger partial charge < -0.3 is 4.74 Å². The molecule has 0 bridgehead atoms. The number of hydrogen-bond acceptors (Lipinski definition) is 4. The molecule has 17 heavy (non-hydrogen) atoms. The van der Waals surface area contributed by atoms with Gasteiger partial charge in [0, 0.05) is 0 Å². The molecule has 92 valence electrons. The topological polar surface area (TPSA) is 60.4 Å². The predicted octanol–water partition coefficient (Wildman–Crippen LogP) is 1.85. The maximum atomic E-state index is 12.0. The van der Waals surface area contributed by atoms with Crippen molar-refractivity contribution >= 4 is 15.8 Å². The van der Waals surface area contributed by atoms with Gasteiger partial charge in [0.1, 0.15) is 4.91 Å². The summed E-state index contributed by atoms with van der Waals surface area (Å²) in [5.41, 5.74) is 0.936. The number of sulfone groups is 1. The number of carbonyl (C=O) groups excluding carboxylic acids is 1. The molecule has 0 N–H and O–H groups in total. The molecule has 0 aliphatic carbocycles. The number of benzene rings is 1. The van der Waals surface area contributed by atoms with Crippen molar-refractivity contribution in [3.05, 3.63) is 41.3 Å². The lowest BCUT2D eigenvalue weighted by Crippen LogP contribution is -2.15. The van der Waals surface area contributed by atoms with Crippen LogP contribution in [0.15, 0.2) is 40.6 Å². The molecular weight excluding hydrogens is 240 g/mol. The second-order valence-electron chi connectivity index (χ2n) is 3.46. The third-order valence-electron chi connectivity index (χ3n) is 2.16. The van der Waals surface area contributed by atoms with Crippen molar-refractivity contribution in [2.24, 2.45) is 0 Å². The Balaban J connectivity index is 3.07. The average Bonchev–Trinajstić information content (AvgIpc) is 2.29. The molecule has 0 heterocycles. The number of esters is 1. The molecule has 1 rings (SSSR count). The van der Waals surface area contributed by atoms with E-state index in [0.29, 0.717) is 0 Å². The number of carbonyl (C=O) groups is 1. The van der Waals surface area contributed by atoms with Gasteiger partial charge in [0.25, 0.3) is 0 Å². The first-order valence-electron chi connectivity index (χ1n) is 5.07. The highest BCUT2D eigenvalue weighted by molar-refractivity contribution is 7.96. The van der Waals surface area contributed by atoms with Crippen molar-refractivity contribution in [3.8, 4) is 0 Å². The van der Waals surface area contributed by atoms with Gasteiger partial charge in [0.05, 0.1) is 11.5 Å². The van der Waals surface area contributed by atoms with E-state index < -0.39 is 20.7 Å². The van der Waals surface area contributed by atoms with Crippen LogP contribution in [0.25, 0.3) is 0 Å². The molecule has 4 nitrogen and oxygen atoms in total. The van der Waals surface area contributed by atoms with Gasteiger partial charge in [-0.2, -0.15) is 0 Å². The van der Waals surface area contributed by atoms with E-state index in [1.807, 2.05) is 6.92 Å². The van der Waals surface area contributed by atoms with E-state index in [1.165, 1.54) is 12.1 Å². The number of rotatable bonds is 4. The monoisotopic (exact) mass is 254 g/mol. The van der Waals surface area contributed by atoms with Gasteiger partial charge in [-0.05, 0) is 26.0 Å². The number of aryl methyl sites for hydroxylation is 1. The van der Waals surface area contributed by atoms with E-state index in [2.05, 4.69) is 11.3 Å². The Kier molecular flexibility index (Phi) is 4.07. The van der Waals surface area contributed by atoms with Gasteiger partial charge in [0.15, 0.2) is 0 Å². The lowest BCUT2D eigenvalue weighted by atomic mass is 10.2. The first-order valence-corrected chi connectivity index (χ1v) is 6.55. The van der Waals surface area contributed by atoms with Crippen LogP contribution < -0.4 is 0 Å². The molecule has 0 amide bonds. The maximum Gasteiger partial charge on any atom is 0.349 e. The van der Waals surface area contributed by atoms with Crippen molar-refractivity contribution in [2.75, 3.05) is 6.61 Å². The van der Waals surface area contributed by atoms with E-state index in [0.717, 1.165) is 5.56 Å². The summed E-state index contributed by atoms with van der Waals surface area (Å²) in [6.07, 6.45) is 0. The lowest BCUT2D eigenvalue weighted by molar-refractivity contribution is -0.137. The van der Waals surface area contributed by atoms with Crippen LogP contribution in [0.3, 0.4) is 0 Å². The highest BCUT2D eigenvalue weighted by Crippen LogP contribution is 2.19. The van der Waals surface area contributed by atoms with Crippen LogP contribution in [-0.2, 0) is 19.4 Å². The number of ether oxygens (including phenoxy) is 1. The normalized spacial score (nSPS) is 10.9. The van der Waals surface area contributed by atoms with Crippen molar-refractivity contribution in [1.82, 2.24) is 0 Å². The quantitative estimate of drug-likeness (QED) is 0.607. The Hall–Kier alpha value is -1.62. The van der Waals surface area contributed by atoms with E-state index in [1.54, 1.807) is 19.1 Å². The van der Waals surface area contributed by atoms with E-state index in [-0.39, 0.29) is 11.5 Å². The highest BCUT2D eigenvalue weighted by Gasteiger charge is 2.25. The van der Waals surface area contributed by atoms with Crippen LogP contribution in [0.5, 0.6) is 0 Å². The van der Waals surface area contributed by atoms with Crippen molar-refractivity contribution in [1.29, 1.82) is 0 Å². The third-order valence-corrected chi connectivity index (χ3v) is 3.87. The zero-order chi connectivity index (χ0) is 13.1. The second-order valence-corrected chi connectivity index (χ2v) is 5.43. The number of hydrogen-bond donors (Lipinski definition) is 0. The minimum Gasteiger partial charge on any atom is -0.462 e. The Bertz CT molecular complexity index is 526. The largest absolute Gasteiger partial charge is 0.462 e. The molecule has 0 spiro atoms. The smallest absolute Gasteiger partial charge is 0.349 e. The Morgan fingerprint density at radius 3 is 2.29 bits per heavy atom. The first kappa shape index (κ1) is 13.4. The van der Waals surface area contributed by atoms with Crippen LogP contribution in [0.2, 0.25) is 0 Å². The molecule has 1 aromatic rings. The van der Waals surface area contributed by atoms with Crippen LogP contribution >= 0.6 is 0 Å². The van der Waals surface area contributed by atoms with E-state index in [4.69, 9.17) is 0 Å². The molecule has 0 aromatic heterocycles. The minimum absolute atomic E-state index is 0.0427. The Morgan fingerprint density at radius 1 is 1.29 bits per heavy atom. The molecule has 0 radical (unpaired) electrons. The fraction of sp³-hybridized carbons (Fsp3) is 0.250. The molecule has 0 fully saturated rings. The van der Waals surface area contributed by atoms with Crippen LogP contribution in [-0.4, -0.2) is 21.0 Å². The summed E-state index contributed by atoms with van der Waals surface area (Å²) < 4.78 is 28.5. The maximum absolute atomic E-state index is 12.0. The summed E-state index contributed by atoms with van der Waals surface area (Å²) in [5, 5.41) is 0. The minimum atomic E-state index is -3.85. The molecule has 0 saturated carbocycles. The first-order chi connectivity index (χ1) is 7.89. The molecule has 0 saturated heterocycles. The van der Waals surface area contributed by atoms with Gasteiger partial charge in [-0.1, -0.05) is 24.3 Å². The fourth-order valence-corrected chi connectivity index (χ4v) is 2.24. The predicted molar refractivity (Wildman–Crippen MR) is 64.1 cm³/mol. The van der Waals surface area contributed by atoms with Crippen molar-refractivity contribution in [3.63, 3.8) is 0 Å².